The van der Waals surface area contributed by atoms with Gasteiger partial charge in [-0.3, -0.25) is 14.7 Å². The number of aliphatic imine (C=N–C) groups is 1. The number of allylic oxidation sites excluding steroid dienone is 9. The Balaban J connectivity index is 0.00000112. The number of benzene rings is 1. The van der Waals surface area contributed by atoms with Crippen LogP contribution in [0.5, 0.6) is 0 Å². The Morgan fingerprint density at radius 1 is 0.918 bits per heavy atom. The molecule has 0 bridgehead atoms. The second-order valence-electron chi connectivity index (χ2n) is 10.8. The van der Waals surface area contributed by atoms with Crippen molar-refractivity contribution in [2.75, 3.05) is 19.6 Å². The lowest BCUT2D eigenvalue weighted by atomic mass is 9.83. The second-order valence-corrected chi connectivity index (χ2v) is 10.8. The average Bonchev–Trinajstić information content (AvgIpc) is 3.42. The molecule has 270 valence electrons. The summed E-state index contributed by atoms with van der Waals surface area (Å²) in [6, 6.07) is 15.5. The molecule has 1 unspecified atom stereocenters. The summed E-state index contributed by atoms with van der Waals surface area (Å²) in [5, 5.41) is 3.34. The minimum absolute atomic E-state index is 0.0333. The number of amides is 1. The first kappa shape index (κ1) is 45.0. The molecule has 5 nitrogen and oxygen atoms in total. The largest absolute Gasteiger partial charge is 0.412 e. The Morgan fingerprint density at radius 3 is 2.10 bits per heavy atom. The van der Waals surface area contributed by atoms with Crippen molar-refractivity contribution in [3.8, 4) is 0 Å². The van der Waals surface area contributed by atoms with Gasteiger partial charge in [0.1, 0.15) is 5.69 Å². The molecule has 0 saturated heterocycles. The molecule has 2 aromatic rings. The molecule has 0 spiro atoms. The predicted octanol–water partition coefficient (Wildman–Crippen LogP) is 10.9. The van der Waals surface area contributed by atoms with Crippen molar-refractivity contribution in [1.82, 2.24) is 15.2 Å². The van der Waals surface area contributed by atoms with Gasteiger partial charge in [-0.05, 0) is 83.8 Å². The molecule has 49 heavy (non-hydrogen) atoms. The summed E-state index contributed by atoms with van der Waals surface area (Å²) in [5.41, 5.74) is 0.793. The molecule has 1 aromatic carbocycles. The van der Waals surface area contributed by atoms with Crippen LogP contribution in [0.25, 0.3) is 0 Å². The number of amidine groups is 1. The molecular weight excluding hydrogens is 621 g/mol. The topological polar surface area (TPSA) is 57.6 Å². The number of pyridine rings is 1. The summed E-state index contributed by atoms with van der Waals surface area (Å²) in [6.45, 7) is 19.0. The highest BCUT2D eigenvalue weighted by Crippen LogP contribution is 2.41. The number of carbonyl (C=O) groups excluding carboxylic acids is 1. The Bertz CT molecular complexity index is 1360. The Morgan fingerprint density at radius 2 is 1.59 bits per heavy atom. The van der Waals surface area contributed by atoms with Crippen molar-refractivity contribution in [3.63, 3.8) is 0 Å². The van der Waals surface area contributed by atoms with E-state index in [1.165, 1.54) is 26.2 Å². The fraction of sp³-hybridized carbons (Fsp3) is 0.439. The van der Waals surface area contributed by atoms with Gasteiger partial charge in [0.25, 0.3) is 5.91 Å². The monoisotopic (exact) mass is 680 g/mol. The molecule has 3 rings (SSSR count). The smallest absolute Gasteiger partial charge is 0.317 e. The molecule has 0 radical (unpaired) electrons. The SMILES string of the molecule is C/C=C(\C)C(F)(F)F.C/C=C\CCCC.CC.C\C=C/C=C\C=C(/C)C1(c2ccccc2)N=C(c2ccccn2)N(CCCNCC)C1=O. The Labute approximate surface area is 294 Å². The molecular formula is C41H59F3N4O. The molecule has 1 aliphatic rings. The van der Waals surface area contributed by atoms with Crippen LogP contribution >= 0.6 is 0 Å². The summed E-state index contributed by atoms with van der Waals surface area (Å²) in [7, 11) is 0. The number of nitrogens with one attached hydrogen (secondary N) is 1. The maximum atomic E-state index is 14.1. The van der Waals surface area contributed by atoms with Gasteiger partial charge < -0.3 is 5.32 Å². The van der Waals surface area contributed by atoms with Gasteiger partial charge >= 0.3 is 6.18 Å². The lowest BCUT2D eigenvalue weighted by Gasteiger charge is -2.28. The maximum Gasteiger partial charge on any atom is 0.412 e. The zero-order valence-electron chi connectivity index (χ0n) is 31.1. The van der Waals surface area contributed by atoms with Crippen molar-refractivity contribution in [2.24, 2.45) is 4.99 Å². The molecule has 1 atom stereocenters. The predicted molar refractivity (Wildman–Crippen MR) is 203 cm³/mol. The van der Waals surface area contributed by atoms with Crippen LogP contribution in [0.15, 0.2) is 119 Å². The van der Waals surface area contributed by atoms with E-state index < -0.39 is 17.3 Å². The Hall–Kier alpha value is -4.04. The highest BCUT2D eigenvalue weighted by atomic mass is 19.4. The number of carbonyl (C=O) groups is 1. The van der Waals surface area contributed by atoms with E-state index in [0.717, 1.165) is 43.6 Å². The number of alkyl halides is 3. The summed E-state index contributed by atoms with van der Waals surface area (Å²) in [5.74, 6) is 0.593. The van der Waals surface area contributed by atoms with E-state index in [2.05, 4.69) is 43.2 Å². The van der Waals surface area contributed by atoms with Crippen molar-refractivity contribution >= 4 is 11.7 Å². The van der Waals surface area contributed by atoms with Crippen molar-refractivity contribution < 1.29 is 18.0 Å². The lowest BCUT2D eigenvalue weighted by molar-refractivity contribution is -0.130. The third-order valence-electron chi connectivity index (χ3n) is 7.33. The third-order valence-corrected chi connectivity index (χ3v) is 7.33. The standard InChI is InChI=1S/C27H32N4O.C7H14.C5H7F3.C2H6/c1-4-6-7-9-15-22(3)27(23-16-10-8-11-17-23)26(32)31(21-14-19-28-5-2)25(30-27)24-18-12-13-20-29-24;1-3-5-7-6-4-2;1-3-4(2)5(6,7)8;1-2/h4,6-13,15-18,20,28H,5,14,19,21H2,1-3H3;3,5H,4,6-7H2,1-2H3;3H,1-2H3;1-2H3/b6-4-,9-7-,22-15+;5-3-;4-3+;. The molecule has 1 N–H and O–H groups in total. The van der Waals surface area contributed by atoms with Crippen LogP contribution in [0.4, 0.5) is 13.2 Å². The first-order valence-electron chi connectivity index (χ1n) is 17.4. The van der Waals surface area contributed by atoms with Crippen LogP contribution in [-0.2, 0) is 10.3 Å². The quantitative estimate of drug-likeness (QED) is 0.130. The summed E-state index contributed by atoms with van der Waals surface area (Å²) < 4.78 is 34.1. The first-order valence-corrected chi connectivity index (χ1v) is 17.4. The number of unbranched alkanes of at least 4 members (excludes halogenated alkanes) is 2. The van der Waals surface area contributed by atoms with Crippen molar-refractivity contribution in [1.29, 1.82) is 0 Å². The number of hydrogen-bond acceptors (Lipinski definition) is 4. The van der Waals surface area contributed by atoms with E-state index in [0.29, 0.717) is 18.1 Å². The van der Waals surface area contributed by atoms with Crippen molar-refractivity contribution in [2.45, 2.75) is 99.7 Å². The van der Waals surface area contributed by atoms with E-state index in [-0.39, 0.29) is 5.91 Å². The minimum Gasteiger partial charge on any atom is -0.317 e. The van der Waals surface area contributed by atoms with Gasteiger partial charge in [0.15, 0.2) is 11.4 Å². The van der Waals surface area contributed by atoms with Crippen LogP contribution < -0.4 is 5.32 Å². The minimum atomic E-state index is -4.13. The van der Waals surface area contributed by atoms with E-state index in [4.69, 9.17) is 4.99 Å². The van der Waals surface area contributed by atoms with Gasteiger partial charge in [0, 0.05) is 18.3 Å². The number of halogens is 3. The normalized spacial score (nSPS) is 16.6. The van der Waals surface area contributed by atoms with Crippen molar-refractivity contribution in [3.05, 3.63) is 126 Å². The van der Waals surface area contributed by atoms with Gasteiger partial charge in [0.2, 0.25) is 0 Å². The lowest BCUT2D eigenvalue weighted by Crippen LogP contribution is -2.43. The second kappa shape index (κ2) is 25.9. The highest BCUT2D eigenvalue weighted by Gasteiger charge is 2.51. The zero-order valence-corrected chi connectivity index (χ0v) is 31.1. The molecule has 1 aliphatic heterocycles. The summed E-state index contributed by atoms with van der Waals surface area (Å²) in [6.07, 6.45) is 17.5. The Kier molecular flexibility index (Phi) is 23.8. The molecule has 0 saturated carbocycles. The highest BCUT2D eigenvalue weighted by molar-refractivity contribution is 6.16. The van der Waals surface area contributed by atoms with Gasteiger partial charge in [-0.15, -0.1) is 0 Å². The number of hydrogen-bond donors (Lipinski definition) is 1. The molecule has 0 fully saturated rings. The average molecular weight is 681 g/mol. The fourth-order valence-electron chi connectivity index (χ4n) is 4.50. The molecule has 2 heterocycles. The van der Waals surface area contributed by atoms with Crippen LogP contribution in [-0.4, -0.2) is 47.4 Å². The summed E-state index contributed by atoms with van der Waals surface area (Å²) >= 11 is 0. The molecule has 0 aliphatic carbocycles. The third kappa shape index (κ3) is 15.4. The van der Waals surface area contributed by atoms with E-state index >= 15 is 0 Å². The molecule has 8 heteroatoms. The number of aromatic nitrogens is 1. The summed E-state index contributed by atoms with van der Waals surface area (Å²) in [4.78, 5) is 25.5. The maximum absolute atomic E-state index is 14.1. The van der Waals surface area contributed by atoms with Gasteiger partial charge in [-0.25, -0.2) is 4.99 Å². The van der Waals surface area contributed by atoms with Gasteiger partial charge in [0.05, 0.1) is 0 Å². The van der Waals surface area contributed by atoms with Crippen LogP contribution in [0.1, 0.15) is 99.3 Å². The van der Waals surface area contributed by atoms with E-state index in [9.17, 15) is 18.0 Å². The molecule has 1 amide bonds. The number of rotatable bonds is 13. The molecule has 1 aromatic heterocycles. The number of nitrogens with zero attached hydrogens (tertiary/aromatic N) is 3. The fourth-order valence-corrected chi connectivity index (χ4v) is 4.50. The van der Waals surface area contributed by atoms with E-state index in [1.54, 1.807) is 11.1 Å². The zero-order chi connectivity index (χ0) is 37.1. The van der Waals surface area contributed by atoms with Gasteiger partial charge in [-0.2, -0.15) is 13.2 Å². The first-order chi connectivity index (χ1) is 23.5. The van der Waals surface area contributed by atoms with Gasteiger partial charge in [-0.1, -0.05) is 126 Å². The van der Waals surface area contributed by atoms with Crippen LogP contribution in [0, 0.1) is 0 Å². The van der Waals surface area contributed by atoms with E-state index in [1.807, 2.05) is 107 Å². The van der Waals surface area contributed by atoms with Crippen LogP contribution in [0.3, 0.4) is 0 Å². The van der Waals surface area contributed by atoms with Crippen LogP contribution in [0.2, 0.25) is 0 Å².